The van der Waals surface area contributed by atoms with Crippen molar-refractivity contribution in [1.82, 2.24) is 30.4 Å². The zero-order chi connectivity index (χ0) is 22.2. The van der Waals surface area contributed by atoms with Gasteiger partial charge in [0.15, 0.2) is 0 Å². The van der Waals surface area contributed by atoms with Crippen LogP contribution in [0.5, 0.6) is 0 Å². The Balaban J connectivity index is 1.48. The van der Waals surface area contributed by atoms with Crippen LogP contribution in [-0.4, -0.2) is 67.2 Å². The smallest absolute Gasteiger partial charge is 0.248 e. The maximum Gasteiger partial charge on any atom is 0.248 e. The van der Waals surface area contributed by atoms with Crippen LogP contribution in [0.3, 0.4) is 0 Å². The van der Waals surface area contributed by atoms with Crippen LogP contribution < -0.4 is 5.32 Å². The molecule has 2 fully saturated rings. The summed E-state index contributed by atoms with van der Waals surface area (Å²) in [6.45, 7) is 6.38. The molecule has 10 nitrogen and oxygen atoms in total. The van der Waals surface area contributed by atoms with Crippen molar-refractivity contribution in [3.63, 3.8) is 0 Å². The SMILES string of the molecule is CC(C)(C)[C@@H](C(=O)N1CC(O)CC1C(=O)NCCc1ccno1)n1cc(C2CC2)nn1. The summed E-state index contributed by atoms with van der Waals surface area (Å²) < 4.78 is 6.66. The van der Waals surface area contributed by atoms with Crippen LogP contribution in [0.15, 0.2) is 23.0 Å². The second-order valence-corrected chi connectivity index (χ2v) is 9.58. The minimum Gasteiger partial charge on any atom is -0.391 e. The third-order valence-electron chi connectivity index (χ3n) is 5.87. The first-order chi connectivity index (χ1) is 14.7. The molecular formula is C21H30N6O4. The summed E-state index contributed by atoms with van der Waals surface area (Å²) in [5.41, 5.74) is 0.456. The molecule has 2 amide bonds. The quantitative estimate of drug-likeness (QED) is 0.672. The van der Waals surface area contributed by atoms with Gasteiger partial charge in [0.2, 0.25) is 11.8 Å². The van der Waals surface area contributed by atoms with Crippen LogP contribution in [0.1, 0.15) is 63.4 Å². The molecule has 2 N–H and O–H groups in total. The molecule has 1 saturated carbocycles. The number of β-amino-alcohol motifs (C(OH)–C–C–N with tert-alkyl or cyclic N) is 1. The first kappa shape index (κ1) is 21.5. The van der Waals surface area contributed by atoms with Crippen LogP contribution in [0, 0.1) is 5.41 Å². The number of aromatic nitrogens is 4. The number of amides is 2. The Morgan fingerprint density at radius 1 is 1.35 bits per heavy atom. The molecule has 3 heterocycles. The molecule has 2 unspecified atom stereocenters. The molecule has 3 atom stereocenters. The van der Waals surface area contributed by atoms with Crippen molar-refractivity contribution in [1.29, 1.82) is 0 Å². The lowest BCUT2D eigenvalue weighted by Crippen LogP contribution is -2.50. The summed E-state index contributed by atoms with van der Waals surface area (Å²) in [5.74, 6) is 0.590. The fourth-order valence-electron chi connectivity index (χ4n) is 4.12. The third-order valence-corrected chi connectivity index (χ3v) is 5.87. The fourth-order valence-corrected chi connectivity index (χ4v) is 4.12. The Hall–Kier alpha value is -2.75. The predicted molar refractivity (Wildman–Crippen MR) is 110 cm³/mol. The van der Waals surface area contributed by atoms with Gasteiger partial charge in [-0.25, -0.2) is 4.68 Å². The highest BCUT2D eigenvalue weighted by Crippen LogP contribution is 2.40. The van der Waals surface area contributed by atoms with Gasteiger partial charge in [0, 0.05) is 44.1 Å². The maximum absolute atomic E-state index is 13.6. The van der Waals surface area contributed by atoms with Gasteiger partial charge in [0.05, 0.1) is 18.0 Å². The number of rotatable bonds is 7. The van der Waals surface area contributed by atoms with Crippen LogP contribution in [-0.2, 0) is 16.0 Å². The molecule has 2 aromatic rings. The first-order valence-electron chi connectivity index (χ1n) is 10.8. The van der Waals surface area contributed by atoms with Gasteiger partial charge < -0.3 is 19.8 Å². The number of hydrogen-bond donors (Lipinski definition) is 2. The Morgan fingerprint density at radius 2 is 2.13 bits per heavy atom. The molecule has 31 heavy (non-hydrogen) atoms. The molecule has 1 saturated heterocycles. The van der Waals surface area contributed by atoms with E-state index in [-0.39, 0.29) is 24.8 Å². The van der Waals surface area contributed by atoms with Gasteiger partial charge in [-0.3, -0.25) is 9.59 Å². The largest absolute Gasteiger partial charge is 0.391 e. The number of nitrogens with zero attached hydrogens (tertiary/aromatic N) is 5. The number of likely N-dealkylation sites (tertiary alicyclic amines) is 1. The van der Waals surface area contributed by atoms with E-state index in [2.05, 4.69) is 20.8 Å². The molecule has 0 aromatic carbocycles. The normalized spacial score (nSPS) is 22.5. The van der Waals surface area contributed by atoms with Gasteiger partial charge in [-0.15, -0.1) is 5.10 Å². The first-order valence-corrected chi connectivity index (χ1v) is 10.8. The number of aliphatic hydroxyl groups is 1. The van der Waals surface area contributed by atoms with E-state index in [0.29, 0.717) is 24.6 Å². The van der Waals surface area contributed by atoms with E-state index in [0.717, 1.165) is 18.5 Å². The molecule has 2 aliphatic rings. The summed E-state index contributed by atoms with van der Waals surface area (Å²) in [6, 6.07) is 0.388. The van der Waals surface area contributed by atoms with E-state index >= 15 is 0 Å². The summed E-state index contributed by atoms with van der Waals surface area (Å²) in [7, 11) is 0. The van der Waals surface area contributed by atoms with Crippen molar-refractivity contribution in [2.75, 3.05) is 13.1 Å². The second-order valence-electron chi connectivity index (χ2n) is 9.58. The van der Waals surface area contributed by atoms with Gasteiger partial charge in [0.1, 0.15) is 17.8 Å². The maximum atomic E-state index is 13.6. The molecular weight excluding hydrogens is 400 g/mol. The molecule has 0 radical (unpaired) electrons. The number of carbonyl (C=O) groups is 2. The van der Waals surface area contributed by atoms with Crippen molar-refractivity contribution in [2.45, 2.75) is 70.6 Å². The molecule has 0 bridgehead atoms. The van der Waals surface area contributed by atoms with Crippen molar-refractivity contribution in [3.8, 4) is 0 Å². The van der Waals surface area contributed by atoms with Gasteiger partial charge in [-0.1, -0.05) is 31.1 Å². The standard InChI is InChI=1S/C21H30N6O4/c1-21(2,3)18(27-12-16(24-25-27)13-4-5-13)20(30)26-11-14(28)10-17(26)19(29)22-8-6-15-7-9-23-31-15/h7,9,12-14,17-18,28H,4-6,8,10-11H2,1-3H3,(H,22,29)/t14?,17?,18-/m1/s1. The number of aliphatic hydroxyl groups excluding tert-OH is 1. The van der Waals surface area contributed by atoms with Gasteiger partial charge in [0.25, 0.3) is 0 Å². The van der Waals surface area contributed by atoms with Gasteiger partial charge in [-0.2, -0.15) is 0 Å². The summed E-state index contributed by atoms with van der Waals surface area (Å²) in [5, 5.41) is 25.2. The zero-order valence-corrected chi connectivity index (χ0v) is 18.2. The molecule has 168 valence electrons. The summed E-state index contributed by atoms with van der Waals surface area (Å²) >= 11 is 0. The molecule has 4 rings (SSSR count). The third kappa shape index (κ3) is 4.79. The highest BCUT2D eigenvalue weighted by Gasteiger charge is 2.45. The monoisotopic (exact) mass is 430 g/mol. The van der Waals surface area contributed by atoms with E-state index in [1.807, 2.05) is 27.0 Å². The average molecular weight is 431 g/mol. The van der Waals surface area contributed by atoms with Crippen molar-refractivity contribution in [3.05, 3.63) is 29.9 Å². The number of carbonyl (C=O) groups excluding carboxylic acids is 2. The topological polar surface area (TPSA) is 126 Å². The highest BCUT2D eigenvalue weighted by atomic mass is 16.5. The Kier molecular flexibility index (Phi) is 5.83. The van der Waals surface area contributed by atoms with E-state index < -0.39 is 23.6 Å². The number of nitrogens with one attached hydrogen (secondary N) is 1. The molecule has 1 aliphatic heterocycles. The molecule has 0 spiro atoms. The van der Waals surface area contributed by atoms with Crippen LogP contribution in [0.25, 0.3) is 0 Å². The Labute approximate surface area is 181 Å². The average Bonchev–Trinajstić information content (AvgIpc) is 3.07. The minimum atomic E-state index is -0.743. The van der Waals surface area contributed by atoms with E-state index in [1.54, 1.807) is 16.9 Å². The lowest BCUT2D eigenvalue weighted by atomic mass is 9.85. The van der Waals surface area contributed by atoms with E-state index in [1.165, 1.54) is 4.90 Å². The van der Waals surface area contributed by atoms with E-state index in [4.69, 9.17) is 4.52 Å². The zero-order valence-electron chi connectivity index (χ0n) is 18.2. The van der Waals surface area contributed by atoms with E-state index in [9.17, 15) is 14.7 Å². The number of hydrogen-bond acceptors (Lipinski definition) is 7. The molecule has 2 aromatic heterocycles. The van der Waals surface area contributed by atoms with Crippen LogP contribution >= 0.6 is 0 Å². The van der Waals surface area contributed by atoms with Gasteiger partial charge in [-0.05, 0) is 18.3 Å². The fraction of sp³-hybridized carbons (Fsp3) is 0.667. The summed E-state index contributed by atoms with van der Waals surface area (Å²) in [6.07, 6.45) is 5.57. The summed E-state index contributed by atoms with van der Waals surface area (Å²) in [4.78, 5) is 28.0. The lowest BCUT2D eigenvalue weighted by Gasteiger charge is -2.34. The second kappa shape index (κ2) is 8.41. The predicted octanol–water partition coefficient (Wildman–Crippen LogP) is 1.05. The Bertz CT molecular complexity index is 915. The highest BCUT2D eigenvalue weighted by molar-refractivity contribution is 5.90. The Morgan fingerprint density at radius 3 is 2.77 bits per heavy atom. The van der Waals surface area contributed by atoms with Crippen molar-refractivity contribution < 1.29 is 19.2 Å². The van der Waals surface area contributed by atoms with Crippen LogP contribution in [0.2, 0.25) is 0 Å². The minimum absolute atomic E-state index is 0.121. The van der Waals surface area contributed by atoms with Crippen molar-refractivity contribution >= 4 is 11.8 Å². The van der Waals surface area contributed by atoms with Crippen molar-refractivity contribution in [2.24, 2.45) is 5.41 Å². The van der Waals surface area contributed by atoms with Gasteiger partial charge >= 0.3 is 0 Å². The van der Waals surface area contributed by atoms with Crippen LogP contribution in [0.4, 0.5) is 0 Å². The molecule has 10 heteroatoms. The lowest BCUT2D eigenvalue weighted by molar-refractivity contribution is -0.144. The molecule has 1 aliphatic carbocycles.